The van der Waals surface area contributed by atoms with Crippen molar-refractivity contribution >= 4 is 28.6 Å². The van der Waals surface area contributed by atoms with Gasteiger partial charge in [-0.25, -0.2) is 18.9 Å². The Bertz CT molecular complexity index is 1660. The van der Waals surface area contributed by atoms with Crippen LogP contribution in [0.4, 0.5) is 28.0 Å². The third-order valence-electron chi connectivity index (χ3n) is 7.07. The van der Waals surface area contributed by atoms with E-state index in [-0.39, 0.29) is 12.3 Å². The Kier molecular flexibility index (Phi) is 9.76. The van der Waals surface area contributed by atoms with Gasteiger partial charge in [0.05, 0.1) is 12.2 Å². The van der Waals surface area contributed by atoms with Crippen LogP contribution in [-0.4, -0.2) is 51.2 Å². The zero-order chi connectivity index (χ0) is 32.1. The summed E-state index contributed by atoms with van der Waals surface area (Å²) in [4.78, 5) is 23.4. The number of aromatic nitrogens is 3. The average molecular weight is 641 g/mol. The molecule has 0 aliphatic carbocycles. The zero-order valence-corrected chi connectivity index (χ0v) is 25.7. The molecule has 0 spiro atoms. The summed E-state index contributed by atoms with van der Waals surface area (Å²) in [7, 11) is 0. The van der Waals surface area contributed by atoms with Crippen LogP contribution in [0.25, 0.3) is 17.1 Å². The Morgan fingerprint density at radius 1 is 1.09 bits per heavy atom. The van der Waals surface area contributed by atoms with Gasteiger partial charge < -0.3 is 15.0 Å². The van der Waals surface area contributed by atoms with E-state index in [0.717, 1.165) is 30.0 Å². The minimum absolute atomic E-state index is 0.248. The van der Waals surface area contributed by atoms with E-state index >= 15 is 4.39 Å². The summed E-state index contributed by atoms with van der Waals surface area (Å²) in [5.41, 5.74) is 4.80. The number of hydrogen-bond acceptors (Lipinski definition) is 5. The van der Waals surface area contributed by atoms with Crippen LogP contribution in [0.15, 0.2) is 78.0 Å². The lowest BCUT2D eigenvalue weighted by molar-refractivity contribution is -0.274. The maximum absolute atomic E-state index is 15.1. The largest absolute Gasteiger partial charge is 0.573 e. The van der Waals surface area contributed by atoms with E-state index in [0.29, 0.717) is 33.7 Å². The lowest BCUT2D eigenvalue weighted by Crippen LogP contribution is -2.37. The molecule has 1 atom stereocenters. The molecule has 236 valence electrons. The van der Waals surface area contributed by atoms with Gasteiger partial charge in [0, 0.05) is 23.5 Å². The molecule has 1 fully saturated rings. The molecule has 13 heteroatoms. The van der Waals surface area contributed by atoms with E-state index in [4.69, 9.17) is 0 Å². The van der Waals surface area contributed by atoms with Crippen LogP contribution in [0, 0.1) is 6.92 Å². The number of rotatable bonds is 8. The van der Waals surface area contributed by atoms with Gasteiger partial charge in [-0.05, 0) is 66.3 Å². The van der Waals surface area contributed by atoms with Crippen LogP contribution >= 0.6 is 11.8 Å². The lowest BCUT2D eigenvalue weighted by Gasteiger charge is -2.32. The molecule has 1 N–H and O–H groups in total. The molecular weight excluding hydrogens is 608 g/mol. The predicted molar refractivity (Wildman–Crippen MR) is 168 cm³/mol. The normalized spacial score (nSPS) is 15.4. The molecule has 1 saturated heterocycles. The second-order valence-corrected chi connectivity index (χ2v) is 11.9. The van der Waals surface area contributed by atoms with E-state index in [2.05, 4.69) is 62.1 Å². The number of amides is 2. The summed E-state index contributed by atoms with van der Waals surface area (Å²) in [5, 5.41) is 7.56. The number of ether oxygens (including phenoxy) is 1. The number of thioether (sulfide) groups is 1. The topological polar surface area (TPSA) is 84.6 Å². The molecule has 1 aromatic heterocycles. The second kappa shape index (κ2) is 13.7. The Morgan fingerprint density at radius 2 is 1.82 bits per heavy atom. The van der Waals surface area contributed by atoms with E-state index in [9.17, 15) is 18.0 Å². The Labute approximate surface area is 262 Å². The molecule has 1 aliphatic heterocycles. The van der Waals surface area contributed by atoms with Crippen LogP contribution in [0.2, 0.25) is 0 Å². The van der Waals surface area contributed by atoms with Crippen molar-refractivity contribution in [1.29, 1.82) is 0 Å². The summed E-state index contributed by atoms with van der Waals surface area (Å²) < 4.78 is 57.6. The van der Waals surface area contributed by atoms with Crippen molar-refractivity contribution in [3.8, 4) is 22.8 Å². The number of amidine groups is 1. The summed E-state index contributed by atoms with van der Waals surface area (Å²) in [6, 6.07) is 17.4. The fourth-order valence-corrected chi connectivity index (χ4v) is 5.78. The van der Waals surface area contributed by atoms with Crippen molar-refractivity contribution in [3.05, 3.63) is 89.7 Å². The number of urea groups is 1. The van der Waals surface area contributed by atoms with Crippen LogP contribution in [-0.2, 0) is 0 Å². The predicted octanol–water partition coefficient (Wildman–Crippen LogP) is 7.98. The fraction of sp³-hybridized carbons (Fsp3) is 0.312. The molecule has 3 aromatic carbocycles. The highest BCUT2D eigenvalue weighted by Gasteiger charge is 2.31. The van der Waals surface area contributed by atoms with Crippen molar-refractivity contribution in [2.24, 2.45) is 4.99 Å². The first kappa shape index (κ1) is 32.0. The van der Waals surface area contributed by atoms with Crippen LogP contribution in [0.3, 0.4) is 0 Å². The summed E-state index contributed by atoms with van der Waals surface area (Å²) in [6.45, 7) is 6.80. The average Bonchev–Trinajstić information content (AvgIpc) is 3.50. The summed E-state index contributed by atoms with van der Waals surface area (Å²) >= 11 is 1.51. The SMILES string of the molecule is Cc1ccc(C(C)C)c(N2CCCSC2=NC(=O)NCC(F)c2ccc(-c3ncn(-c4ccc(OC(F)(F)F)cc4)n3)cc2)c1. The molecule has 2 amide bonds. The number of halogens is 4. The molecule has 1 unspecified atom stereocenters. The molecule has 8 nitrogen and oxygen atoms in total. The van der Waals surface area contributed by atoms with Gasteiger partial charge in [-0.3, -0.25) is 0 Å². The number of alkyl halides is 4. The van der Waals surface area contributed by atoms with Crippen molar-refractivity contribution < 1.29 is 27.1 Å². The summed E-state index contributed by atoms with van der Waals surface area (Å²) in [6.07, 6.45) is -3.86. The van der Waals surface area contributed by atoms with Gasteiger partial charge in [0.1, 0.15) is 18.2 Å². The molecule has 1 aliphatic rings. The van der Waals surface area contributed by atoms with Crippen molar-refractivity contribution in [2.75, 3.05) is 23.7 Å². The second-order valence-electron chi connectivity index (χ2n) is 10.8. The number of nitrogens with one attached hydrogen (secondary N) is 1. The minimum atomic E-state index is -4.78. The summed E-state index contributed by atoms with van der Waals surface area (Å²) in [5.74, 6) is 1.15. The van der Waals surface area contributed by atoms with Gasteiger partial charge in [0.15, 0.2) is 11.0 Å². The molecule has 0 radical (unpaired) electrons. The number of carbonyl (C=O) groups excluding carboxylic acids is 1. The van der Waals surface area contributed by atoms with Gasteiger partial charge in [-0.1, -0.05) is 62.0 Å². The molecular formula is C32H32F4N6O2S. The number of benzene rings is 3. The molecule has 0 bridgehead atoms. The zero-order valence-electron chi connectivity index (χ0n) is 24.9. The van der Waals surface area contributed by atoms with Gasteiger partial charge in [0.2, 0.25) is 0 Å². The highest BCUT2D eigenvalue weighted by molar-refractivity contribution is 8.14. The van der Waals surface area contributed by atoms with Gasteiger partial charge in [-0.15, -0.1) is 18.3 Å². The van der Waals surface area contributed by atoms with Crippen LogP contribution < -0.4 is 15.0 Å². The number of hydrogen-bond donors (Lipinski definition) is 1. The minimum Gasteiger partial charge on any atom is -0.406 e. The first-order valence-corrected chi connectivity index (χ1v) is 15.3. The fourth-order valence-electron chi connectivity index (χ4n) is 4.83. The molecule has 5 rings (SSSR count). The smallest absolute Gasteiger partial charge is 0.406 e. The lowest BCUT2D eigenvalue weighted by atomic mass is 9.98. The van der Waals surface area contributed by atoms with Crippen molar-refractivity contribution in [1.82, 2.24) is 20.1 Å². The number of anilines is 1. The quantitative estimate of drug-likeness (QED) is 0.197. The highest BCUT2D eigenvalue weighted by atomic mass is 32.2. The Hall–Kier alpha value is -4.39. The van der Waals surface area contributed by atoms with E-state index in [1.54, 1.807) is 24.3 Å². The van der Waals surface area contributed by atoms with Crippen LogP contribution in [0.5, 0.6) is 5.75 Å². The first-order chi connectivity index (χ1) is 21.5. The third-order valence-corrected chi connectivity index (χ3v) is 8.14. The molecule has 4 aromatic rings. The number of aryl methyl sites for hydroxylation is 1. The number of nitrogens with zero attached hydrogens (tertiary/aromatic N) is 5. The molecule has 0 saturated carbocycles. The van der Waals surface area contributed by atoms with Crippen molar-refractivity contribution in [2.45, 2.75) is 45.6 Å². The third kappa shape index (κ3) is 8.21. The van der Waals surface area contributed by atoms with E-state index in [1.165, 1.54) is 52.6 Å². The number of carbonyl (C=O) groups is 1. The Balaban J connectivity index is 1.20. The Morgan fingerprint density at radius 3 is 2.51 bits per heavy atom. The monoisotopic (exact) mass is 640 g/mol. The molecule has 2 heterocycles. The standard InChI is InChI=1S/C32H32F4N6O2S/c1-20(2)26-14-5-21(3)17-28(26)41-15-4-16-45-31(41)39-30(43)37-18-27(33)22-6-8-23(9-7-22)29-38-19-42(40-29)24-10-12-25(13-11-24)44-32(34,35)36/h5-14,17,19-20,27H,4,15-16,18H2,1-3H3,(H,37,43). The highest BCUT2D eigenvalue weighted by Crippen LogP contribution is 2.33. The maximum atomic E-state index is 15.1. The van der Waals surface area contributed by atoms with E-state index in [1.807, 2.05) is 6.92 Å². The van der Waals surface area contributed by atoms with Gasteiger partial charge >= 0.3 is 12.4 Å². The molecule has 45 heavy (non-hydrogen) atoms. The van der Waals surface area contributed by atoms with Gasteiger partial charge in [-0.2, -0.15) is 4.99 Å². The number of aliphatic imine (C=N–C) groups is 1. The maximum Gasteiger partial charge on any atom is 0.573 e. The first-order valence-electron chi connectivity index (χ1n) is 14.4. The van der Waals surface area contributed by atoms with Crippen LogP contribution in [0.1, 0.15) is 49.0 Å². The van der Waals surface area contributed by atoms with E-state index < -0.39 is 18.6 Å². The van der Waals surface area contributed by atoms with Crippen molar-refractivity contribution in [3.63, 3.8) is 0 Å². The van der Waals surface area contributed by atoms with Gasteiger partial charge in [0.25, 0.3) is 0 Å².